The Bertz CT molecular complexity index is 599. The van der Waals surface area contributed by atoms with Gasteiger partial charge in [-0.15, -0.1) is 11.3 Å². The summed E-state index contributed by atoms with van der Waals surface area (Å²) >= 11 is 1.66. The van der Waals surface area contributed by atoms with Crippen molar-refractivity contribution in [3.63, 3.8) is 0 Å². The fourth-order valence-electron chi connectivity index (χ4n) is 2.05. The minimum absolute atomic E-state index is 0.207. The first-order chi connectivity index (χ1) is 9.72. The highest BCUT2D eigenvalue weighted by Gasteiger charge is 2.29. The molecule has 1 aliphatic rings. The van der Waals surface area contributed by atoms with E-state index in [-0.39, 0.29) is 11.8 Å². The summed E-state index contributed by atoms with van der Waals surface area (Å²) in [7, 11) is 0. The first kappa shape index (κ1) is 13.3. The third-order valence-electron chi connectivity index (χ3n) is 3.48. The van der Waals surface area contributed by atoms with Crippen molar-refractivity contribution in [3.8, 4) is 10.6 Å². The summed E-state index contributed by atoms with van der Waals surface area (Å²) in [5.74, 6) is 0.493. The Labute approximate surface area is 123 Å². The molecule has 1 amide bonds. The van der Waals surface area contributed by atoms with E-state index in [2.05, 4.69) is 46.9 Å². The molecule has 1 saturated carbocycles. The first-order valence-electron chi connectivity index (χ1n) is 7.01. The second kappa shape index (κ2) is 5.75. The van der Waals surface area contributed by atoms with Gasteiger partial charge in [-0.2, -0.15) is 0 Å². The van der Waals surface area contributed by atoms with Crippen LogP contribution in [0.5, 0.6) is 0 Å². The van der Waals surface area contributed by atoms with Crippen molar-refractivity contribution in [2.24, 2.45) is 5.92 Å². The second-order valence-electron chi connectivity index (χ2n) is 5.33. The molecule has 0 atom stereocenters. The number of amides is 1. The molecule has 1 fully saturated rings. The zero-order valence-electron chi connectivity index (χ0n) is 11.6. The predicted molar refractivity (Wildman–Crippen MR) is 81.7 cm³/mol. The maximum Gasteiger partial charge on any atom is 0.223 e. The summed E-state index contributed by atoms with van der Waals surface area (Å²) in [6.45, 7) is 2.77. The van der Waals surface area contributed by atoms with Gasteiger partial charge < -0.3 is 5.32 Å². The molecule has 1 N–H and O–H groups in total. The van der Waals surface area contributed by atoms with E-state index in [0.29, 0.717) is 6.54 Å². The van der Waals surface area contributed by atoms with Gasteiger partial charge in [0, 0.05) is 29.8 Å². The molecule has 1 aromatic heterocycles. The zero-order valence-corrected chi connectivity index (χ0v) is 12.4. The minimum Gasteiger partial charge on any atom is -0.355 e. The third-order valence-corrected chi connectivity index (χ3v) is 4.42. The van der Waals surface area contributed by atoms with Crippen molar-refractivity contribution in [1.82, 2.24) is 10.3 Å². The van der Waals surface area contributed by atoms with Gasteiger partial charge in [0.1, 0.15) is 5.01 Å². The highest BCUT2D eigenvalue weighted by molar-refractivity contribution is 7.13. The standard InChI is InChI=1S/C16H18N2OS/c1-11-2-4-13(5-3-11)16-18-14(10-20-16)8-9-17-15(19)12-6-7-12/h2-5,10,12H,6-9H2,1H3,(H,17,19). The molecule has 0 radical (unpaired) electrons. The van der Waals surface area contributed by atoms with Gasteiger partial charge in [-0.05, 0) is 19.8 Å². The Morgan fingerprint density at radius 3 is 2.80 bits per heavy atom. The average molecular weight is 286 g/mol. The van der Waals surface area contributed by atoms with Gasteiger partial charge in [-0.3, -0.25) is 4.79 Å². The van der Waals surface area contributed by atoms with Crippen LogP contribution >= 0.6 is 11.3 Å². The topological polar surface area (TPSA) is 42.0 Å². The predicted octanol–water partition coefficient (Wildman–Crippen LogP) is 3.19. The number of nitrogens with zero attached hydrogens (tertiary/aromatic N) is 1. The van der Waals surface area contributed by atoms with E-state index in [1.54, 1.807) is 11.3 Å². The van der Waals surface area contributed by atoms with Crippen molar-refractivity contribution in [2.45, 2.75) is 26.2 Å². The van der Waals surface area contributed by atoms with Crippen LogP contribution < -0.4 is 5.32 Å². The van der Waals surface area contributed by atoms with Gasteiger partial charge in [0.25, 0.3) is 0 Å². The molecule has 0 bridgehead atoms. The molecule has 0 saturated heterocycles. The van der Waals surface area contributed by atoms with E-state index in [9.17, 15) is 4.79 Å². The van der Waals surface area contributed by atoms with Gasteiger partial charge in [-0.25, -0.2) is 4.98 Å². The van der Waals surface area contributed by atoms with Crippen molar-refractivity contribution < 1.29 is 4.79 Å². The van der Waals surface area contributed by atoms with Crippen molar-refractivity contribution >= 4 is 17.2 Å². The number of nitrogens with one attached hydrogen (secondary N) is 1. The summed E-state index contributed by atoms with van der Waals surface area (Å²) in [6, 6.07) is 8.41. The molecule has 3 nitrogen and oxygen atoms in total. The highest BCUT2D eigenvalue weighted by atomic mass is 32.1. The largest absolute Gasteiger partial charge is 0.355 e. The summed E-state index contributed by atoms with van der Waals surface area (Å²) < 4.78 is 0. The molecule has 2 aromatic rings. The maximum absolute atomic E-state index is 11.5. The van der Waals surface area contributed by atoms with Crippen LogP contribution in [0.3, 0.4) is 0 Å². The van der Waals surface area contributed by atoms with Crippen molar-refractivity contribution in [2.75, 3.05) is 6.54 Å². The lowest BCUT2D eigenvalue weighted by Crippen LogP contribution is -2.26. The molecule has 1 heterocycles. The Hall–Kier alpha value is -1.68. The van der Waals surface area contributed by atoms with Crippen LogP contribution in [0.4, 0.5) is 0 Å². The molecule has 0 spiro atoms. The number of carbonyl (C=O) groups is 1. The zero-order chi connectivity index (χ0) is 13.9. The number of aromatic nitrogens is 1. The monoisotopic (exact) mass is 286 g/mol. The Balaban J connectivity index is 1.56. The van der Waals surface area contributed by atoms with Crippen molar-refractivity contribution in [3.05, 3.63) is 40.9 Å². The number of benzene rings is 1. The molecular formula is C16H18N2OS. The number of thiazole rings is 1. The average Bonchev–Trinajstić information content (AvgIpc) is 3.20. The Kier molecular flexibility index (Phi) is 3.83. The summed E-state index contributed by atoms with van der Waals surface area (Å²) in [5.41, 5.74) is 3.48. The molecule has 20 heavy (non-hydrogen) atoms. The van der Waals surface area contributed by atoms with Gasteiger partial charge >= 0.3 is 0 Å². The van der Waals surface area contributed by atoms with Crippen LogP contribution in [0, 0.1) is 12.8 Å². The van der Waals surface area contributed by atoms with E-state index in [0.717, 1.165) is 35.5 Å². The van der Waals surface area contributed by atoms with E-state index in [4.69, 9.17) is 0 Å². The van der Waals surface area contributed by atoms with Gasteiger partial charge in [0.2, 0.25) is 5.91 Å². The van der Waals surface area contributed by atoms with Crippen LogP contribution in [0.1, 0.15) is 24.1 Å². The fourth-order valence-corrected chi connectivity index (χ4v) is 2.91. The van der Waals surface area contributed by atoms with E-state index < -0.39 is 0 Å². The van der Waals surface area contributed by atoms with Gasteiger partial charge in [0.05, 0.1) is 5.69 Å². The molecular weight excluding hydrogens is 268 g/mol. The molecule has 0 unspecified atom stereocenters. The van der Waals surface area contributed by atoms with Crippen LogP contribution in [0.25, 0.3) is 10.6 Å². The highest BCUT2D eigenvalue weighted by Crippen LogP contribution is 2.28. The van der Waals surface area contributed by atoms with Gasteiger partial charge in [0.15, 0.2) is 0 Å². The Morgan fingerprint density at radius 2 is 2.10 bits per heavy atom. The Morgan fingerprint density at radius 1 is 1.35 bits per heavy atom. The molecule has 4 heteroatoms. The number of hydrogen-bond donors (Lipinski definition) is 1. The van der Waals surface area contributed by atoms with E-state index >= 15 is 0 Å². The maximum atomic E-state index is 11.5. The minimum atomic E-state index is 0.207. The molecule has 0 aliphatic heterocycles. The quantitative estimate of drug-likeness (QED) is 0.917. The second-order valence-corrected chi connectivity index (χ2v) is 6.18. The fraction of sp³-hybridized carbons (Fsp3) is 0.375. The first-order valence-corrected chi connectivity index (χ1v) is 7.89. The molecule has 3 rings (SSSR count). The summed E-state index contributed by atoms with van der Waals surface area (Å²) in [4.78, 5) is 16.2. The number of carbonyl (C=O) groups excluding carboxylic acids is 1. The number of rotatable bonds is 5. The van der Waals surface area contributed by atoms with E-state index in [1.165, 1.54) is 5.56 Å². The lowest BCUT2D eigenvalue weighted by molar-refractivity contribution is -0.122. The van der Waals surface area contributed by atoms with E-state index in [1.807, 2.05) is 0 Å². The number of hydrogen-bond acceptors (Lipinski definition) is 3. The van der Waals surface area contributed by atoms with Gasteiger partial charge in [-0.1, -0.05) is 29.8 Å². The number of aryl methyl sites for hydroxylation is 1. The van der Waals surface area contributed by atoms with Crippen LogP contribution in [0.2, 0.25) is 0 Å². The smallest absolute Gasteiger partial charge is 0.223 e. The van der Waals surface area contributed by atoms with Crippen molar-refractivity contribution in [1.29, 1.82) is 0 Å². The molecule has 1 aromatic carbocycles. The molecule has 1 aliphatic carbocycles. The van der Waals surface area contributed by atoms with Crippen LogP contribution in [0.15, 0.2) is 29.6 Å². The lowest BCUT2D eigenvalue weighted by atomic mass is 10.2. The molecule has 104 valence electrons. The normalized spacial score (nSPS) is 14.2. The summed E-state index contributed by atoms with van der Waals surface area (Å²) in [6.07, 6.45) is 2.92. The SMILES string of the molecule is Cc1ccc(-c2nc(CCNC(=O)C3CC3)cs2)cc1. The van der Waals surface area contributed by atoms with Crippen LogP contribution in [-0.2, 0) is 11.2 Å². The van der Waals surface area contributed by atoms with Crippen LogP contribution in [-0.4, -0.2) is 17.4 Å². The third kappa shape index (κ3) is 3.25. The summed E-state index contributed by atoms with van der Waals surface area (Å²) in [5, 5.41) is 6.11. The lowest BCUT2D eigenvalue weighted by Gasteiger charge is -2.01.